The van der Waals surface area contributed by atoms with E-state index in [0.29, 0.717) is 26.2 Å². The van der Waals surface area contributed by atoms with Crippen molar-refractivity contribution in [2.24, 2.45) is 0 Å². The summed E-state index contributed by atoms with van der Waals surface area (Å²) < 4.78 is 28.5. The molecule has 4 aromatic rings. The molecule has 268 valence electrons. The van der Waals surface area contributed by atoms with Crippen molar-refractivity contribution in [3.8, 4) is 0 Å². The summed E-state index contributed by atoms with van der Waals surface area (Å²) in [5.41, 5.74) is 3.22. The first-order valence-electron chi connectivity index (χ1n) is 18.0. The monoisotopic (exact) mass is 708 g/mol. The Kier molecular flexibility index (Phi) is 13.8. The van der Waals surface area contributed by atoms with E-state index in [1.165, 1.54) is 10.4 Å². The van der Waals surface area contributed by atoms with Crippen molar-refractivity contribution in [1.82, 2.24) is 0 Å². The van der Waals surface area contributed by atoms with Gasteiger partial charge in [0.1, 0.15) is 6.10 Å². The highest BCUT2D eigenvalue weighted by Crippen LogP contribution is 2.40. The summed E-state index contributed by atoms with van der Waals surface area (Å²) >= 11 is 0. The van der Waals surface area contributed by atoms with Crippen molar-refractivity contribution in [3.05, 3.63) is 145 Å². The minimum Gasteiger partial charge on any atom is -0.410 e. The van der Waals surface area contributed by atoms with Gasteiger partial charge in [-0.3, -0.25) is 0 Å². The highest BCUT2D eigenvalue weighted by molar-refractivity contribution is 6.99. The van der Waals surface area contributed by atoms with Crippen LogP contribution in [0.5, 0.6) is 0 Å². The minimum atomic E-state index is -2.86. The fourth-order valence-corrected chi connectivity index (χ4v) is 12.1. The van der Waals surface area contributed by atoms with Crippen molar-refractivity contribution in [2.45, 2.75) is 110 Å². The van der Waals surface area contributed by atoms with E-state index in [9.17, 15) is 0 Å². The van der Waals surface area contributed by atoms with E-state index in [-0.39, 0.29) is 28.4 Å². The molecule has 0 aliphatic carbocycles. The summed E-state index contributed by atoms with van der Waals surface area (Å²) in [6.07, 6.45) is -0.292. The molecule has 0 radical (unpaired) electrons. The van der Waals surface area contributed by atoms with Crippen molar-refractivity contribution < 1.29 is 18.3 Å². The lowest BCUT2D eigenvalue weighted by Gasteiger charge is -2.44. The van der Waals surface area contributed by atoms with Crippen molar-refractivity contribution in [1.29, 1.82) is 0 Å². The number of ether oxygens (including phenoxy) is 2. The van der Waals surface area contributed by atoms with Gasteiger partial charge in [0.25, 0.3) is 8.32 Å². The van der Waals surface area contributed by atoms with Gasteiger partial charge in [0, 0.05) is 6.42 Å². The maximum Gasteiger partial charge on any atom is 0.261 e. The Bertz CT molecular complexity index is 1540. The minimum absolute atomic E-state index is 0.0523. The first-order valence-corrected chi connectivity index (χ1v) is 22.8. The average Bonchev–Trinajstić information content (AvgIpc) is 3.08. The molecule has 4 aromatic carbocycles. The molecule has 6 heteroatoms. The maximum atomic E-state index is 7.53. The van der Waals surface area contributed by atoms with E-state index < -0.39 is 16.6 Å². The summed E-state index contributed by atoms with van der Waals surface area (Å²) in [4.78, 5) is 0. The van der Waals surface area contributed by atoms with Gasteiger partial charge >= 0.3 is 0 Å². The Hall–Kier alpha value is -3.11. The van der Waals surface area contributed by atoms with Gasteiger partial charge < -0.3 is 18.3 Å². The largest absolute Gasteiger partial charge is 0.410 e. The molecule has 3 atom stereocenters. The lowest BCUT2D eigenvalue weighted by atomic mass is 10.0. The highest BCUT2D eigenvalue weighted by Gasteiger charge is 2.51. The van der Waals surface area contributed by atoms with Crippen LogP contribution in [0.2, 0.25) is 23.2 Å². The lowest BCUT2D eigenvalue weighted by Crippen LogP contribution is -2.67. The van der Waals surface area contributed by atoms with E-state index in [1.807, 2.05) is 12.1 Å². The van der Waals surface area contributed by atoms with Crippen molar-refractivity contribution in [2.75, 3.05) is 6.61 Å². The molecule has 0 fully saturated rings. The third-order valence-electron chi connectivity index (χ3n) is 10.1. The van der Waals surface area contributed by atoms with Gasteiger partial charge in [0.2, 0.25) is 0 Å². The molecular formula is C44H60O4Si2. The topological polar surface area (TPSA) is 36.9 Å². The van der Waals surface area contributed by atoms with Gasteiger partial charge in [-0.2, -0.15) is 0 Å². The van der Waals surface area contributed by atoms with E-state index in [1.54, 1.807) is 0 Å². The predicted octanol–water partition coefficient (Wildman–Crippen LogP) is 10.1. The molecule has 50 heavy (non-hydrogen) atoms. The van der Waals surface area contributed by atoms with Crippen LogP contribution >= 0.6 is 0 Å². The van der Waals surface area contributed by atoms with Crippen LogP contribution < -0.4 is 10.4 Å². The summed E-state index contributed by atoms with van der Waals surface area (Å²) in [5, 5.41) is 2.36. The molecule has 4 rings (SSSR count). The highest BCUT2D eigenvalue weighted by atomic mass is 28.4. The van der Waals surface area contributed by atoms with Crippen LogP contribution in [0.1, 0.15) is 66.0 Å². The standard InChI is InChI=1S/C44H60O4Si2/c1-35(2)40(48-49(9,10)43(3,4)5)31-41(45-32-36-23-15-11-16-24-36)42(46-33-37-25-17-12-18-26-37)34-47-50(44(6,7)8,38-27-19-13-20-28-38)39-29-21-14-22-30-39/h11-30,40-42H,1,31-34H2,2-10H3/t40?,41-,42-/m0/s1. The van der Waals surface area contributed by atoms with Crippen LogP contribution in [-0.2, 0) is 31.5 Å². The number of hydrogen-bond donors (Lipinski definition) is 0. The molecule has 0 spiro atoms. The third kappa shape index (κ3) is 10.2. The number of rotatable bonds is 17. The quantitative estimate of drug-likeness (QED) is 0.0809. The number of hydrogen-bond acceptors (Lipinski definition) is 4. The summed E-state index contributed by atoms with van der Waals surface area (Å²) in [6.45, 7) is 26.1. The SMILES string of the molecule is C=C(C)C(C[C@H](OCc1ccccc1)[C@H](CO[Si](c1ccccc1)(c1ccccc1)C(C)(C)C)OCc1ccccc1)O[Si](C)(C)C(C)(C)C. The summed E-state index contributed by atoms with van der Waals surface area (Å²) in [5.74, 6) is 0. The summed E-state index contributed by atoms with van der Waals surface area (Å²) in [6, 6.07) is 42.3. The fourth-order valence-electron chi connectivity index (χ4n) is 6.21. The zero-order valence-electron chi connectivity index (χ0n) is 31.9. The van der Waals surface area contributed by atoms with Crippen LogP contribution in [0.3, 0.4) is 0 Å². The molecule has 4 nitrogen and oxygen atoms in total. The zero-order valence-corrected chi connectivity index (χ0v) is 33.9. The second-order valence-corrected chi connectivity index (χ2v) is 25.2. The Labute approximate surface area is 305 Å². The second kappa shape index (κ2) is 17.4. The zero-order chi connectivity index (χ0) is 36.4. The van der Waals surface area contributed by atoms with Crippen molar-refractivity contribution >= 4 is 27.0 Å². The lowest BCUT2D eigenvalue weighted by molar-refractivity contribution is -0.111. The Morgan fingerprint density at radius 1 is 0.600 bits per heavy atom. The Balaban J connectivity index is 1.79. The van der Waals surface area contributed by atoms with E-state index in [2.05, 4.69) is 177 Å². The third-order valence-corrected chi connectivity index (χ3v) is 19.6. The molecule has 0 saturated carbocycles. The molecule has 0 bridgehead atoms. The normalized spacial score (nSPS) is 14.6. The van der Waals surface area contributed by atoms with Gasteiger partial charge in [0.05, 0.1) is 32.0 Å². The van der Waals surface area contributed by atoms with Gasteiger partial charge in [-0.15, -0.1) is 0 Å². The van der Waals surface area contributed by atoms with Crippen LogP contribution in [-0.4, -0.2) is 41.6 Å². The molecule has 0 aliphatic heterocycles. The molecule has 1 unspecified atom stereocenters. The Morgan fingerprint density at radius 3 is 1.38 bits per heavy atom. The second-order valence-electron chi connectivity index (χ2n) is 16.1. The van der Waals surface area contributed by atoms with E-state index >= 15 is 0 Å². The number of benzene rings is 4. The first kappa shape index (κ1) is 39.7. The maximum absolute atomic E-state index is 7.53. The fraction of sp³-hybridized carbons (Fsp3) is 0.409. The molecule has 0 aromatic heterocycles. The van der Waals surface area contributed by atoms with Crippen LogP contribution in [0.4, 0.5) is 0 Å². The van der Waals surface area contributed by atoms with Crippen LogP contribution in [0, 0.1) is 0 Å². The first-order chi connectivity index (χ1) is 23.6. The molecule has 0 amide bonds. The molecular weight excluding hydrogens is 649 g/mol. The smallest absolute Gasteiger partial charge is 0.261 e. The average molecular weight is 709 g/mol. The van der Waals surface area contributed by atoms with Gasteiger partial charge in [-0.05, 0) is 51.6 Å². The Morgan fingerprint density at radius 2 is 1.00 bits per heavy atom. The van der Waals surface area contributed by atoms with E-state index in [4.69, 9.17) is 18.3 Å². The van der Waals surface area contributed by atoms with Gasteiger partial charge in [-0.25, -0.2) is 0 Å². The van der Waals surface area contributed by atoms with Gasteiger partial charge in [0.15, 0.2) is 8.32 Å². The molecule has 0 saturated heterocycles. The predicted molar refractivity (Wildman–Crippen MR) is 215 cm³/mol. The van der Waals surface area contributed by atoms with Gasteiger partial charge in [-0.1, -0.05) is 175 Å². The van der Waals surface area contributed by atoms with Crippen molar-refractivity contribution in [3.63, 3.8) is 0 Å². The van der Waals surface area contributed by atoms with Crippen LogP contribution in [0.15, 0.2) is 133 Å². The van der Waals surface area contributed by atoms with Crippen LogP contribution in [0.25, 0.3) is 0 Å². The van der Waals surface area contributed by atoms with E-state index in [0.717, 1.165) is 16.7 Å². The molecule has 0 N–H and O–H groups in total. The molecule has 0 heterocycles. The molecule has 0 aliphatic rings. The summed E-state index contributed by atoms with van der Waals surface area (Å²) in [7, 11) is -4.99.